The zero-order valence-corrected chi connectivity index (χ0v) is 13.0. The number of hydrazone groups is 1. The average Bonchev–Trinajstić information content (AvgIpc) is 2.99. The summed E-state index contributed by atoms with van der Waals surface area (Å²) in [6, 6.07) is 7.59. The highest BCUT2D eigenvalue weighted by Crippen LogP contribution is 2.20. The summed E-state index contributed by atoms with van der Waals surface area (Å²) in [5, 5.41) is 8.63. The van der Waals surface area contributed by atoms with E-state index < -0.39 is 5.95 Å². The van der Waals surface area contributed by atoms with Crippen molar-refractivity contribution in [3.8, 4) is 0 Å². The van der Waals surface area contributed by atoms with Gasteiger partial charge in [0.25, 0.3) is 5.91 Å². The van der Waals surface area contributed by atoms with Crippen molar-refractivity contribution in [2.75, 3.05) is 0 Å². The van der Waals surface area contributed by atoms with Crippen molar-refractivity contribution in [3.05, 3.63) is 53.2 Å². The van der Waals surface area contributed by atoms with Crippen molar-refractivity contribution in [1.82, 2.24) is 19.8 Å². The summed E-state index contributed by atoms with van der Waals surface area (Å²) >= 11 is 0. The smallest absolute Gasteiger partial charge is 0.273 e. The number of carbonyl (C=O) groups is 1. The standard InChI is InChI=1S/C16H16FN5O/c1-10-12(15(17)22(3)20-10)8-18-19-16(23)13-9-21(2)14-7-5-4-6-11(13)14/h4-9H,1-3H3,(H,19,23). The molecule has 0 bridgehead atoms. The summed E-state index contributed by atoms with van der Waals surface area (Å²) < 4.78 is 16.8. The molecule has 2 heterocycles. The molecule has 118 valence electrons. The summed E-state index contributed by atoms with van der Waals surface area (Å²) in [4.78, 5) is 12.3. The number of fused-ring (bicyclic) bond motifs is 1. The number of amides is 1. The maximum absolute atomic E-state index is 13.8. The third-order valence-corrected chi connectivity index (χ3v) is 3.70. The van der Waals surface area contributed by atoms with Crippen LogP contribution in [0, 0.1) is 12.9 Å². The van der Waals surface area contributed by atoms with Crippen molar-refractivity contribution in [2.45, 2.75) is 6.92 Å². The Bertz CT molecular complexity index is 922. The molecule has 3 rings (SSSR count). The number of aryl methyl sites for hydroxylation is 3. The van der Waals surface area contributed by atoms with Gasteiger partial charge in [0.2, 0.25) is 5.95 Å². The fourth-order valence-corrected chi connectivity index (χ4v) is 2.53. The third-order valence-electron chi connectivity index (χ3n) is 3.70. The number of hydrogen-bond donors (Lipinski definition) is 1. The molecule has 0 saturated carbocycles. The minimum absolute atomic E-state index is 0.255. The molecule has 0 radical (unpaired) electrons. The van der Waals surface area contributed by atoms with Gasteiger partial charge in [-0.15, -0.1) is 0 Å². The summed E-state index contributed by atoms with van der Waals surface area (Å²) in [6.45, 7) is 1.68. The highest BCUT2D eigenvalue weighted by molar-refractivity contribution is 6.07. The van der Waals surface area contributed by atoms with Gasteiger partial charge in [-0.3, -0.25) is 4.79 Å². The van der Waals surface area contributed by atoms with E-state index in [2.05, 4.69) is 15.6 Å². The Morgan fingerprint density at radius 1 is 1.35 bits per heavy atom. The van der Waals surface area contributed by atoms with Crippen LogP contribution in [0.25, 0.3) is 10.9 Å². The Kier molecular flexibility index (Phi) is 3.69. The van der Waals surface area contributed by atoms with Crippen molar-refractivity contribution in [3.63, 3.8) is 0 Å². The van der Waals surface area contributed by atoms with E-state index >= 15 is 0 Å². The number of para-hydroxylation sites is 1. The van der Waals surface area contributed by atoms with Crippen LogP contribution < -0.4 is 5.43 Å². The Morgan fingerprint density at radius 3 is 2.78 bits per heavy atom. The highest BCUT2D eigenvalue weighted by atomic mass is 19.1. The van der Waals surface area contributed by atoms with Gasteiger partial charge >= 0.3 is 0 Å². The van der Waals surface area contributed by atoms with E-state index in [0.717, 1.165) is 15.6 Å². The second-order valence-electron chi connectivity index (χ2n) is 5.28. The lowest BCUT2D eigenvalue weighted by Crippen LogP contribution is -2.17. The van der Waals surface area contributed by atoms with Crippen molar-refractivity contribution in [1.29, 1.82) is 0 Å². The fourth-order valence-electron chi connectivity index (χ4n) is 2.53. The molecular weight excluding hydrogens is 297 g/mol. The van der Waals surface area contributed by atoms with Gasteiger partial charge in [-0.2, -0.15) is 14.6 Å². The van der Waals surface area contributed by atoms with Gasteiger partial charge in [-0.25, -0.2) is 10.1 Å². The number of carbonyl (C=O) groups excluding carboxylic acids is 1. The van der Waals surface area contributed by atoms with Gasteiger partial charge < -0.3 is 4.57 Å². The van der Waals surface area contributed by atoms with E-state index in [9.17, 15) is 9.18 Å². The van der Waals surface area contributed by atoms with Crippen LogP contribution in [0.5, 0.6) is 0 Å². The van der Waals surface area contributed by atoms with E-state index in [4.69, 9.17) is 0 Å². The molecule has 23 heavy (non-hydrogen) atoms. The first-order chi connectivity index (χ1) is 11.0. The summed E-state index contributed by atoms with van der Waals surface area (Å²) in [7, 11) is 3.38. The van der Waals surface area contributed by atoms with Crippen molar-refractivity contribution in [2.24, 2.45) is 19.2 Å². The van der Waals surface area contributed by atoms with Crippen LogP contribution in [-0.4, -0.2) is 26.5 Å². The van der Waals surface area contributed by atoms with E-state index in [1.807, 2.05) is 35.9 Å². The Hall–Kier alpha value is -2.96. The lowest BCUT2D eigenvalue weighted by Gasteiger charge is -1.97. The van der Waals surface area contributed by atoms with Gasteiger partial charge in [-0.05, 0) is 13.0 Å². The Labute approximate surface area is 132 Å². The van der Waals surface area contributed by atoms with Gasteiger partial charge in [-0.1, -0.05) is 18.2 Å². The lowest BCUT2D eigenvalue weighted by molar-refractivity contribution is 0.0956. The van der Waals surface area contributed by atoms with Crippen molar-refractivity contribution < 1.29 is 9.18 Å². The van der Waals surface area contributed by atoms with Crippen LogP contribution in [0.15, 0.2) is 35.6 Å². The predicted octanol–water partition coefficient (Wildman–Crippen LogP) is 2.12. The fraction of sp³-hybridized carbons (Fsp3) is 0.188. The molecule has 7 heteroatoms. The topological polar surface area (TPSA) is 64.2 Å². The Morgan fingerprint density at radius 2 is 2.09 bits per heavy atom. The largest absolute Gasteiger partial charge is 0.350 e. The molecular formula is C16H16FN5O. The molecule has 0 aliphatic rings. The normalized spacial score (nSPS) is 11.5. The lowest BCUT2D eigenvalue weighted by atomic mass is 10.2. The van der Waals surface area contributed by atoms with Crippen LogP contribution in [0.4, 0.5) is 4.39 Å². The van der Waals surface area contributed by atoms with Crippen LogP contribution in [0.3, 0.4) is 0 Å². The molecule has 3 aromatic rings. The molecule has 1 aromatic carbocycles. The van der Waals surface area contributed by atoms with Crippen LogP contribution in [-0.2, 0) is 14.1 Å². The van der Waals surface area contributed by atoms with Gasteiger partial charge in [0.1, 0.15) is 0 Å². The number of nitrogens with zero attached hydrogens (tertiary/aromatic N) is 4. The van der Waals surface area contributed by atoms with Crippen LogP contribution in [0.1, 0.15) is 21.6 Å². The molecule has 0 unspecified atom stereocenters. The number of rotatable bonds is 3. The molecule has 0 atom stereocenters. The van der Waals surface area contributed by atoms with E-state index in [1.165, 1.54) is 13.3 Å². The zero-order valence-electron chi connectivity index (χ0n) is 13.0. The average molecular weight is 313 g/mol. The minimum atomic E-state index is -0.495. The second kappa shape index (κ2) is 5.68. The first-order valence-electron chi connectivity index (χ1n) is 7.05. The first kappa shape index (κ1) is 15.0. The number of aromatic nitrogens is 3. The second-order valence-corrected chi connectivity index (χ2v) is 5.28. The molecule has 1 amide bonds. The molecule has 2 aromatic heterocycles. The zero-order chi connectivity index (χ0) is 16.6. The molecule has 1 N–H and O–H groups in total. The minimum Gasteiger partial charge on any atom is -0.350 e. The summed E-state index contributed by atoms with van der Waals surface area (Å²) in [5.74, 6) is -0.842. The number of nitrogens with one attached hydrogen (secondary N) is 1. The maximum atomic E-state index is 13.8. The first-order valence-corrected chi connectivity index (χ1v) is 7.05. The van der Waals surface area contributed by atoms with Crippen LogP contribution >= 0.6 is 0 Å². The molecule has 6 nitrogen and oxygen atoms in total. The maximum Gasteiger partial charge on any atom is 0.273 e. The van der Waals surface area contributed by atoms with Crippen LogP contribution in [0.2, 0.25) is 0 Å². The third kappa shape index (κ3) is 2.61. The van der Waals surface area contributed by atoms with E-state index in [-0.39, 0.29) is 11.5 Å². The van der Waals surface area contributed by atoms with E-state index in [1.54, 1.807) is 13.1 Å². The van der Waals surface area contributed by atoms with Crippen molar-refractivity contribution >= 4 is 23.0 Å². The number of halogens is 1. The van der Waals surface area contributed by atoms with Gasteiger partial charge in [0, 0.05) is 31.2 Å². The Balaban J connectivity index is 1.83. The van der Waals surface area contributed by atoms with E-state index in [0.29, 0.717) is 11.3 Å². The van der Waals surface area contributed by atoms with Gasteiger partial charge in [0.15, 0.2) is 0 Å². The van der Waals surface area contributed by atoms with Gasteiger partial charge in [0.05, 0.1) is 23.0 Å². The summed E-state index contributed by atoms with van der Waals surface area (Å²) in [6.07, 6.45) is 3.01. The quantitative estimate of drug-likeness (QED) is 0.594. The monoisotopic (exact) mass is 313 g/mol. The highest BCUT2D eigenvalue weighted by Gasteiger charge is 2.14. The molecule has 0 saturated heterocycles. The molecule has 0 aliphatic carbocycles. The number of benzene rings is 1. The molecule has 0 aliphatic heterocycles. The summed E-state index contributed by atoms with van der Waals surface area (Å²) in [5.41, 5.74) is 4.66. The predicted molar refractivity (Wildman–Crippen MR) is 85.9 cm³/mol. The SMILES string of the molecule is Cc1nn(C)c(F)c1C=NNC(=O)c1cn(C)c2ccccc12. The molecule has 0 spiro atoms. The molecule has 0 fully saturated rings. The number of hydrogen-bond acceptors (Lipinski definition) is 3.